The summed E-state index contributed by atoms with van der Waals surface area (Å²) in [6.07, 6.45) is 4.19. The summed E-state index contributed by atoms with van der Waals surface area (Å²) in [5.41, 5.74) is 2.20. The zero-order chi connectivity index (χ0) is 9.00. The molecule has 1 aromatic carbocycles. The minimum Gasteiger partial charge on any atom is -0.357 e. The lowest BCUT2D eigenvalue weighted by molar-refractivity contribution is 0.0879. The molecular weight excluding hydrogens is 207 g/mol. The Labute approximate surface area is 85.9 Å². The van der Waals surface area contributed by atoms with Crippen LogP contribution in [0.1, 0.15) is 23.3 Å². The van der Waals surface area contributed by atoms with Crippen LogP contribution < -0.4 is 0 Å². The molecule has 2 unspecified atom stereocenters. The first kappa shape index (κ1) is 7.86. The second-order valence-electron chi connectivity index (χ2n) is 3.25. The molecular formula is C10H6Cl2O. The van der Waals surface area contributed by atoms with Gasteiger partial charge in [0.15, 0.2) is 0 Å². The number of halogens is 2. The molecule has 0 aromatic heterocycles. The Balaban J connectivity index is 2.29. The van der Waals surface area contributed by atoms with E-state index in [2.05, 4.69) is 0 Å². The van der Waals surface area contributed by atoms with Crippen LogP contribution >= 0.6 is 23.2 Å². The van der Waals surface area contributed by atoms with Crippen LogP contribution in [-0.4, -0.2) is 0 Å². The summed E-state index contributed by atoms with van der Waals surface area (Å²) in [5, 5.41) is 1.38. The van der Waals surface area contributed by atoms with Crippen LogP contribution in [0, 0.1) is 0 Å². The summed E-state index contributed by atoms with van der Waals surface area (Å²) in [4.78, 5) is 0. The largest absolute Gasteiger partial charge is 0.357 e. The van der Waals surface area contributed by atoms with Gasteiger partial charge in [0.1, 0.15) is 12.2 Å². The van der Waals surface area contributed by atoms with Gasteiger partial charge in [-0.3, -0.25) is 0 Å². The quantitative estimate of drug-likeness (QED) is 0.597. The van der Waals surface area contributed by atoms with Crippen LogP contribution in [0.5, 0.6) is 0 Å². The third kappa shape index (κ3) is 0.983. The van der Waals surface area contributed by atoms with Gasteiger partial charge in [-0.2, -0.15) is 0 Å². The minimum absolute atomic E-state index is 0.0461. The SMILES string of the molecule is Clc1cc(Cl)c2c(c1)C1C=CC2O1. The van der Waals surface area contributed by atoms with Gasteiger partial charge in [-0.1, -0.05) is 35.4 Å². The Morgan fingerprint density at radius 1 is 1.08 bits per heavy atom. The van der Waals surface area contributed by atoms with Gasteiger partial charge in [-0.05, 0) is 17.7 Å². The summed E-state index contributed by atoms with van der Waals surface area (Å²) in [5.74, 6) is 0. The van der Waals surface area contributed by atoms with Crippen molar-refractivity contribution in [2.45, 2.75) is 12.2 Å². The molecule has 2 bridgehead atoms. The minimum atomic E-state index is 0.0461. The highest BCUT2D eigenvalue weighted by Crippen LogP contribution is 2.49. The van der Waals surface area contributed by atoms with Crippen molar-refractivity contribution >= 4 is 23.2 Å². The Morgan fingerprint density at radius 3 is 2.69 bits per heavy atom. The van der Waals surface area contributed by atoms with Gasteiger partial charge in [0, 0.05) is 15.6 Å². The maximum Gasteiger partial charge on any atom is 0.104 e. The van der Waals surface area contributed by atoms with E-state index in [1.165, 1.54) is 0 Å². The molecule has 2 aliphatic heterocycles. The number of hydrogen-bond acceptors (Lipinski definition) is 1. The summed E-state index contributed by atoms with van der Waals surface area (Å²) < 4.78 is 5.62. The molecule has 66 valence electrons. The highest BCUT2D eigenvalue weighted by molar-refractivity contribution is 6.35. The van der Waals surface area contributed by atoms with E-state index in [1.54, 1.807) is 6.07 Å². The van der Waals surface area contributed by atoms with E-state index in [4.69, 9.17) is 27.9 Å². The molecule has 1 nitrogen and oxygen atoms in total. The molecule has 2 heterocycles. The summed E-state index contributed by atoms with van der Waals surface area (Å²) in [6, 6.07) is 3.69. The smallest absolute Gasteiger partial charge is 0.104 e. The van der Waals surface area contributed by atoms with E-state index in [9.17, 15) is 0 Å². The van der Waals surface area contributed by atoms with Crippen LogP contribution in [0.2, 0.25) is 10.0 Å². The van der Waals surface area contributed by atoms with E-state index >= 15 is 0 Å². The lowest BCUT2D eigenvalue weighted by atomic mass is 9.97. The Hall–Kier alpha value is -0.500. The van der Waals surface area contributed by atoms with Crippen molar-refractivity contribution in [1.82, 2.24) is 0 Å². The normalized spacial score (nSPS) is 28.2. The molecule has 0 amide bonds. The fourth-order valence-electron chi connectivity index (χ4n) is 1.93. The van der Waals surface area contributed by atoms with Crippen LogP contribution in [0.4, 0.5) is 0 Å². The third-order valence-corrected chi connectivity index (χ3v) is 3.00. The van der Waals surface area contributed by atoms with E-state index in [1.807, 2.05) is 18.2 Å². The number of hydrogen-bond donors (Lipinski definition) is 0. The van der Waals surface area contributed by atoms with Gasteiger partial charge in [0.25, 0.3) is 0 Å². The molecule has 13 heavy (non-hydrogen) atoms. The maximum absolute atomic E-state index is 6.07. The van der Waals surface area contributed by atoms with E-state index < -0.39 is 0 Å². The van der Waals surface area contributed by atoms with Crippen molar-refractivity contribution in [2.24, 2.45) is 0 Å². The number of fused-ring (bicyclic) bond motifs is 5. The van der Waals surface area contributed by atoms with Crippen LogP contribution in [0.15, 0.2) is 24.3 Å². The fourth-order valence-corrected chi connectivity index (χ4v) is 2.55. The molecule has 2 atom stereocenters. The number of benzene rings is 1. The monoisotopic (exact) mass is 212 g/mol. The van der Waals surface area contributed by atoms with Gasteiger partial charge in [-0.25, -0.2) is 0 Å². The summed E-state index contributed by atoms with van der Waals surface area (Å²) >= 11 is 12.0. The van der Waals surface area contributed by atoms with Gasteiger partial charge in [0.05, 0.1) is 0 Å². The standard InChI is InChI=1S/C10H6Cl2O/c11-5-3-6-8-1-2-9(13-8)10(6)7(12)4-5/h1-4,8-9H. The molecule has 0 fully saturated rings. The third-order valence-electron chi connectivity index (χ3n) is 2.47. The average Bonchev–Trinajstić information content (AvgIpc) is 2.62. The molecule has 0 saturated heterocycles. The molecule has 3 heteroatoms. The lowest BCUT2D eigenvalue weighted by Gasteiger charge is -2.08. The van der Waals surface area contributed by atoms with Crippen molar-refractivity contribution in [3.63, 3.8) is 0 Å². The van der Waals surface area contributed by atoms with Crippen LogP contribution in [0.3, 0.4) is 0 Å². The average molecular weight is 213 g/mol. The van der Waals surface area contributed by atoms with Crippen molar-refractivity contribution in [2.75, 3.05) is 0 Å². The van der Waals surface area contributed by atoms with E-state index in [0.717, 1.165) is 11.1 Å². The zero-order valence-electron chi connectivity index (χ0n) is 6.63. The highest BCUT2D eigenvalue weighted by Gasteiger charge is 2.35. The molecule has 0 spiro atoms. The predicted molar refractivity (Wildman–Crippen MR) is 52.2 cm³/mol. The molecule has 3 rings (SSSR count). The van der Waals surface area contributed by atoms with Crippen molar-refractivity contribution < 1.29 is 4.74 Å². The molecule has 0 aliphatic carbocycles. The number of ether oxygens (including phenoxy) is 1. The molecule has 0 radical (unpaired) electrons. The van der Waals surface area contributed by atoms with Gasteiger partial charge < -0.3 is 4.74 Å². The second-order valence-corrected chi connectivity index (χ2v) is 4.10. The topological polar surface area (TPSA) is 9.23 Å². The van der Waals surface area contributed by atoms with E-state index in [0.29, 0.717) is 10.0 Å². The number of rotatable bonds is 0. The van der Waals surface area contributed by atoms with Crippen LogP contribution in [0.25, 0.3) is 0 Å². The second kappa shape index (κ2) is 2.50. The van der Waals surface area contributed by atoms with Gasteiger partial charge in [0.2, 0.25) is 0 Å². The summed E-state index contributed by atoms with van der Waals surface area (Å²) in [7, 11) is 0. The predicted octanol–water partition coefficient (Wildman–Crippen LogP) is 3.68. The first-order valence-electron chi connectivity index (χ1n) is 4.08. The fraction of sp³-hybridized carbons (Fsp3) is 0.200. The first-order chi connectivity index (χ1) is 6.25. The van der Waals surface area contributed by atoms with Crippen molar-refractivity contribution in [3.8, 4) is 0 Å². The Bertz CT molecular complexity index is 412. The Kier molecular flexibility index (Phi) is 1.51. The highest BCUT2D eigenvalue weighted by atomic mass is 35.5. The lowest BCUT2D eigenvalue weighted by Crippen LogP contribution is -1.93. The molecule has 1 aromatic rings. The van der Waals surface area contributed by atoms with E-state index in [-0.39, 0.29) is 12.2 Å². The maximum atomic E-state index is 6.07. The molecule has 0 N–H and O–H groups in total. The first-order valence-corrected chi connectivity index (χ1v) is 4.84. The zero-order valence-corrected chi connectivity index (χ0v) is 8.14. The van der Waals surface area contributed by atoms with Crippen LogP contribution in [-0.2, 0) is 4.74 Å². The van der Waals surface area contributed by atoms with Crippen molar-refractivity contribution in [3.05, 3.63) is 45.5 Å². The van der Waals surface area contributed by atoms with Gasteiger partial charge in [-0.15, -0.1) is 0 Å². The van der Waals surface area contributed by atoms with Crippen molar-refractivity contribution in [1.29, 1.82) is 0 Å². The summed E-state index contributed by atoms with van der Waals surface area (Å²) in [6.45, 7) is 0. The van der Waals surface area contributed by atoms with Gasteiger partial charge >= 0.3 is 0 Å². The Morgan fingerprint density at radius 2 is 1.85 bits per heavy atom. The molecule has 0 saturated carbocycles. The molecule has 2 aliphatic rings.